The second-order valence-electron chi connectivity index (χ2n) is 5.85. The number of rotatable bonds is 7. The van der Waals surface area contributed by atoms with Crippen molar-refractivity contribution in [3.05, 3.63) is 70.8 Å². The van der Waals surface area contributed by atoms with Crippen molar-refractivity contribution < 1.29 is 27.5 Å². The van der Waals surface area contributed by atoms with E-state index in [4.69, 9.17) is 10.3 Å². The van der Waals surface area contributed by atoms with E-state index in [-0.39, 0.29) is 29.2 Å². The Kier molecular flexibility index (Phi) is 6.81. The molecule has 0 aliphatic carbocycles. The van der Waals surface area contributed by atoms with Crippen LogP contribution in [0.4, 0.5) is 0 Å². The molecular weight excluding hydrogens is 382 g/mol. The summed E-state index contributed by atoms with van der Waals surface area (Å²) in [5.74, 6) is -1.69. The first-order chi connectivity index (χ1) is 13.3. The third-order valence-corrected chi connectivity index (χ3v) is 5.16. The van der Waals surface area contributed by atoms with Gasteiger partial charge >= 0.3 is 11.7 Å². The van der Waals surface area contributed by atoms with Gasteiger partial charge in [-0.05, 0) is 37.6 Å². The number of ether oxygens (including phenoxy) is 1. The zero-order chi connectivity index (χ0) is 20.7. The second kappa shape index (κ2) is 9.07. The molecule has 28 heavy (non-hydrogen) atoms. The molecule has 0 spiro atoms. The molecule has 2 aromatic carbocycles. The fourth-order valence-corrected chi connectivity index (χ4v) is 3.36. The van der Waals surface area contributed by atoms with Gasteiger partial charge < -0.3 is 10.3 Å². The van der Waals surface area contributed by atoms with E-state index in [1.807, 2.05) is 11.6 Å². The lowest BCUT2D eigenvalue weighted by Gasteiger charge is -2.10. The number of nitrogens with zero attached hydrogens (tertiary/aromatic N) is 2. The molecule has 0 atom stereocenters. The Hall–Kier alpha value is -3.29. The summed E-state index contributed by atoms with van der Waals surface area (Å²) in [5, 5.41) is 0. The van der Waals surface area contributed by atoms with Gasteiger partial charge in [0.05, 0.1) is 17.9 Å². The van der Waals surface area contributed by atoms with Gasteiger partial charge in [0.15, 0.2) is 0 Å². The minimum Gasteiger partial charge on any atom is -0.457 e. The predicted octanol–water partition coefficient (Wildman–Crippen LogP) is 1.89. The van der Waals surface area contributed by atoms with Crippen LogP contribution >= 0.6 is 0 Å². The fraction of sp³-hybridized carbons (Fsp3) is 0.211. The van der Waals surface area contributed by atoms with Gasteiger partial charge in [-0.2, -0.15) is 4.79 Å². The number of carbonyl (C=O) groups excluding carboxylic acids is 2. The highest BCUT2D eigenvalue weighted by Gasteiger charge is 2.26. The summed E-state index contributed by atoms with van der Waals surface area (Å²) < 4.78 is 31.7. The standard InChI is InChI=1S/C19H19N3O5S/c1-3-27-19(24)17(21-20)12-14-6-4-5-7-16(14)18(23)22-28(25,26)15-10-8-13(2)9-11-15/h4-11H,3,12H2,1-2H3,(H,22,23). The van der Waals surface area contributed by atoms with Crippen LogP contribution in [0.2, 0.25) is 0 Å². The Morgan fingerprint density at radius 1 is 1.11 bits per heavy atom. The third kappa shape index (κ3) is 5.12. The highest BCUT2D eigenvalue weighted by molar-refractivity contribution is 7.90. The topological polar surface area (TPSA) is 126 Å². The van der Waals surface area contributed by atoms with Gasteiger partial charge in [-0.25, -0.2) is 17.9 Å². The van der Waals surface area contributed by atoms with Crippen molar-refractivity contribution >= 4 is 27.6 Å². The zero-order valence-electron chi connectivity index (χ0n) is 15.4. The molecule has 1 N–H and O–H groups in total. The van der Waals surface area contributed by atoms with Crippen molar-refractivity contribution in [1.82, 2.24) is 4.72 Å². The Morgan fingerprint density at radius 2 is 1.75 bits per heavy atom. The number of amides is 1. The maximum absolute atomic E-state index is 12.6. The zero-order valence-corrected chi connectivity index (χ0v) is 16.2. The Labute approximate surface area is 162 Å². The molecule has 0 heterocycles. The Balaban J connectivity index is 2.28. The first-order valence-corrected chi connectivity index (χ1v) is 9.86. The van der Waals surface area contributed by atoms with Gasteiger partial charge in [-0.3, -0.25) is 4.79 Å². The van der Waals surface area contributed by atoms with Crippen LogP contribution in [0.25, 0.3) is 5.53 Å². The number of sulfonamides is 1. The molecule has 0 unspecified atom stereocenters. The molecule has 1 amide bonds. The van der Waals surface area contributed by atoms with Crippen LogP contribution in [0.5, 0.6) is 0 Å². The molecule has 146 valence electrons. The lowest BCUT2D eigenvalue weighted by molar-refractivity contribution is -0.140. The van der Waals surface area contributed by atoms with E-state index in [1.54, 1.807) is 31.2 Å². The number of carbonyl (C=O) groups is 2. The molecule has 0 fully saturated rings. The molecule has 0 saturated carbocycles. The van der Waals surface area contributed by atoms with Crippen LogP contribution in [-0.4, -0.2) is 37.4 Å². The molecule has 0 saturated heterocycles. The molecule has 0 aromatic heterocycles. The van der Waals surface area contributed by atoms with Crippen molar-refractivity contribution in [3.63, 3.8) is 0 Å². The van der Waals surface area contributed by atoms with Crippen molar-refractivity contribution in [3.8, 4) is 0 Å². The SMILES string of the molecule is CCOC(=O)C(Cc1ccccc1C(=O)NS(=O)(=O)c1ccc(C)cc1)=[N+]=[N-]. The van der Waals surface area contributed by atoms with E-state index < -0.39 is 21.9 Å². The molecule has 0 radical (unpaired) electrons. The smallest absolute Gasteiger partial charge is 0.417 e. The van der Waals surface area contributed by atoms with Crippen molar-refractivity contribution in [2.45, 2.75) is 25.2 Å². The highest BCUT2D eigenvalue weighted by atomic mass is 32.2. The molecule has 0 aliphatic heterocycles. The quantitative estimate of drug-likeness (QED) is 0.328. The van der Waals surface area contributed by atoms with E-state index >= 15 is 0 Å². The number of benzene rings is 2. The van der Waals surface area contributed by atoms with Crippen molar-refractivity contribution in [2.75, 3.05) is 6.61 Å². The van der Waals surface area contributed by atoms with Gasteiger partial charge in [-0.1, -0.05) is 35.9 Å². The van der Waals surface area contributed by atoms with Gasteiger partial charge in [-0.15, -0.1) is 0 Å². The number of esters is 1. The summed E-state index contributed by atoms with van der Waals surface area (Å²) in [6.45, 7) is 3.51. The third-order valence-electron chi connectivity index (χ3n) is 3.81. The first kappa shape index (κ1) is 21.0. The number of nitrogens with one attached hydrogen (secondary N) is 1. The number of hydrogen-bond donors (Lipinski definition) is 1. The van der Waals surface area contributed by atoms with Crippen LogP contribution in [0, 0.1) is 6.92 Å². The molecule has 2 rings (SSSR count). The van der Waals surface area contributed by atoms with E-state index in [2.05, 4.69) is 4.79 Å². The minimum absolute atomic E-state index is 0.0311. The number of hydrogen-bond acceptors (Lipinski definition) is 5. The minimum atomic E-state index is -4.07. The summed E-state index contributed by atoms with van der Waals surface area (Å²) >= 11 is 0. The predicted molar refractivity (Wildman–Crippen MR) is 101 cm³/mol. The molecular formula is C19H19N3O5S. The van der Waals surface area contributed by atoms with Gasteiger partial charge in [0.1, 0.15) is 0 Å². The largest absolute Gasteiger partial charge is 0.457 e. The van der Waals surface area contributed by atoms with Crippen LogP contribution in [0.3, 0.4) is 0 Å². The fourth-order valence-electron chi connectivity index (χ4n) is 2.39. The summed E-state index contributed by atoms with van der Waals surface area (Å²) in [4.78, 5) is 27.2. The Morgan fingerprint density at radius 3 is 2.36 bits per heavy atom. The summed E-state index contributed by atoms with van der Waals surface area (Å²) in [7, 11) is -4.07. The monoisotopic (exact) mass is 401 g/mol. The first-order valence-electron chi connectivity index (χ1n) is 8.38. The molecule has 8 nitrogen and oxygen atoms in total. The normalized spacial score (nSPS) is 10.6. The van der Waals surface area contributed by atoms with Gasteiger partial charge in [0.2, 0.25) is 0 Å². The van der Waals surface area contributed by atoms with Gasteiger partial charge in [0.25, 0.3) is 15.9 Å². The number of aryl methyl sites for hydroxylation is 1. The van der Waals surface area contributed by atoms with Crippen molar-refractivity contribution in [1.29, 1.82) is 0 Å². The van der Waals surface area contributed by atoms with E-state index in [1.165, 1.54) is 24.3 Å². The summed E-state index contributed by atoms with van der Waals surface area (Å²) in [6.07, 6.45) is -0.205. The second-order valence-corrected chi connectivity index (χ2v) is 7.53. The summed E-state index contributed by atoms with van der Waals surface area (Å²) in [6, 6.07) is 12.1. The molecule has 2 aromatic rings. The van der Waals surface area contributed by atoms with Crippen molar-refractivity contribution in [2.24, 2.45) is 0 Å². The maximum atomic E-state index is 12.6. The maximum Gasteiger partial charge on any atom is 0.417 e. The van der Waals surface area contributed by atoms with Crippen LogP contribution in [0.15, 0.2) is 53.4 Å². The van der Waals surface area contributed by atoms with Crippen LogP contribution < -0.4 is 4.72 Å². The summed E-state index contributed by atoms with van der Waals surface area (Å²) in [5.41, 5.74) is 9.98. The lowest BCUT2D eigenvalue weighted by atomic mass is 10.0. The van der Waals surface area contributed by atoms with Crippen LogP contribution in [0.1, 0.15) is 28.4 Å². The highest BCUT2D eigenvalue weighted by Crippen LogP contribution is 2.14. The van der Waals surface area contributed by atoms with E-state index in [0.29, 0.717) is 5.56 Å². The molecule has 0 bridgehead atoms. The molecule has 0 aliphatic rings. The average Bonchev–Trinajstić information content (AvgIpc) is 2.66. The van der Waals surface area contributed by atoms with Gasteiger partial charge in [0, 0.05) is 5.56 Å². The Bertz CT molecular complexity index is 1040. The van der Waals surface area contributed by atoms with E-state index in [9.17, 15) is 18.0 Å². The van der Waals surface area contributed by atoms with Crippen LogP contribution in [-0.2, 0) is 26.0 Å². The lowest BCUT2D eigenvalue weighted by Crippen LogP contribution is -2.32. The average molecular weight is 401 g/mol. The van der Waals surface area contributed by atoms with E-state index in [0.717, 1.165) is 5.56 Å². The molecule has 9 heteroatoms.